The monoisotopic (exact) mass is 351 g/mol. The lowest BCUT2D eigenvalue weighted by molar-refractivity contribution is 0.252. The van der Waals surface area contributed by atoms with E-state index in [-0.39, 0.29) is 6.03 Å². The SMILES string of the molecule is Cc1cccc(NC(=O)NCCNc2cc(-n3ccnc3C)ncn2)c1. The number of urea groups is 1. The molecular formula is C18H21N7O. The van der Waals surface area contributed by atoms with Crippen LogP contribution < -0.4 is 16.0 Å². The molecule has 2 heterocycles. The van der Waals surface area contributed by atoms with Gasteiger partial charge in [-0.1, -0.05) is 12.1 Å². The smallest absolute Gasteiger partial charge is 0.319 e. The lowest BCUT2D eigenvalue weighted by Crippen LogP contribution is -2.32. The summed E-state index contributed by atoms with van der Waals surface area (Å²) in [5.74, 6) is 2.27. The first-order valence-corrected chi connectivity index (χ1v) is 8.29. The second-order valence-corrected chi connectivity index (χ2v) is 5.78. The summed E-state index contributed by atoms with van der Waals surface area (Å²) >= 11 is 0. The molecule has 3 rings (SSSR count). The summed E-state index contributed by atoms with van der Waals surface area (Å²) in [6.45, 7) is 4.89. The number of carbonyl (C=O) groups is 1. The Labute approximate surface area is 151 Å². The lowest BCUT2D eigenvalue weighted by atomic mass is 10.2. The lowest BCUT2D eigenvalue weighted by Gasteiger charge is -2.10. The Kier molecular flexibility index (Phi) is 5.43. The molecule has 0 saturated heterocycles. The Hall–Kier alpha value is -3.42. The first-order valence-electron chi connectivity index (χ1n) is 8.29. The van der Waals surface area contributed by atoms with E-state index in [9.17, 15) is 4.79 Å². The van der Waals surface area contributed by atoms with Gasteiger partial charge < -0.3 is 16.0 Å². The second-order valence-electron chi connectivity index (χ2n) is 5.78. The van der Waals surface area contributed by atoms with Crippen molar-refractivity contribution in [3.63, 3.8) is 0 Å². The molecule has 1 aromatic carbocycles. The largest absolute Gasteiger partial charge is 0.368 e. The molecule has 0 fully saturated rings. The van der Waals surface area contributed by atoms with Crippen molar-refractivity contribution in [3.8, 4) is 5.82 Å². The van der Waals surface area contributed by atoms with Crippen LogP contribution in [0.1, 0.15) is 11.4 Å². The van der Waals surface area contributed by atoms with Gasteiger partial charge in [0.2, 0.25) is 0 Å². The Bertz CT molecular complexity index is 891. The van der Waals surface area contributed by atoms with E-state index in [0.717, 1.165) is 22.9 Å². The van der Waals surface area contributed by atoms with E-state index < -0.39 is 0 Å². The molecule has 0 bridgehead atoms. The average molecular weight is 351 g/mol. The standard InChI is InChI=1S/C18H21N7O/c1-13-4-3-5-15(10-13)24-18(26)21-7-6-20-16-11-17(23-12-22-16)25-9-8-19-14(25)2/h3-5,8-12H,6-7H2,1-2H3,(H,20,22,23)(H2,21,24,26). The van der Waals surface area contributed by atoms with E-state index in [1.165, 1.54) is 6.33 Å². The third-order valence-electron chi connectivity index (χ3n) is 3.72. The zero-order chi connectivity index (χ0) is 18.4. The molecule has 8 heteroatoms. The number of aromatic nitrogens is 4. The number of nitrogens with one attached hydrogen (secondary N) is 3. The minimum atomic E-state index is -0.241. The normalized spacial score (nSPS) is 10.4. The van der Waals surface area contributed by atoms with Crippen LogP contribution in [0.2, 0.25) is 0 Å². The summed E-state index contributed by atoms with van der Waals surface area (Å²) in [6.07, 6.45) is 5.06. The fourth-order valence-electron chi connectivity index (χ4n) is 2.46. The van der Waals surface area contributed by atoms with E-state index >= 15 is 0 Å². The van der Waals surface area contributed by atoms with Crippen LogP contribution in [0.3, 0.4) is 0 Å². The van der Waals surface area contributed by atoms with Gasteiger partial charge in [-0.2, -0.15) is 0 Å². The molecule has 3 aromatic rings. The van der Waals surface area contributed by atoms with Gasteiger partial charge in [-0.05, 0) is 31.5 Å². The van der Waals surface area contributed by atoms with Crippen LogP contribution in [0, 0.1) is 13.8 Å². The zero-order valence-electron chi connectivity index (χ0n) is 14.7. The van der Waals surface area contributed by atoms with Crippen LogP contribution in [0.15, 0.2) is 49.1 Å². The maximum atomic E-state index is 11.9. The zero-order valence-corrected chi connectivity index (χ0v) is 14.7. The van der Waals surface area contributed by atoms with Gasteiger partial charge in [0, 0.05) is 37.2 Å². The predicted octanol–water partition coefficient (Wildman–Crippen LogP) is 2.51. The highest BCUT2D eigenvalue weighted by Crippen LogP contribution is 2.11. The first-order chi connectivity index (χ1) is 12.6. The molecule has 2 aromatic heterocycles. The van der Waals surface area contributed by atoms with Gasteiger partial charge in [0.15, 0.2) is 0 Å². The van der Waals surface area contributed by atoms with Crippen molar-refractivity contribution < 1.29 is 4.79 Å². The third-order valence-corrected chi connectivity index (χ3v) is 3.72. The fourth-order valence-corrected chi connectivity index (χ4v) is 2.46. The van der Waals surface area contributed by atoms with Crippen molar-refractivity contribution in [1.29, 1.82) is 0 Å². The number of hydrogen-bond donors (Lipinski definition) is 3. The van der Waals surface area contributed by atoms with Crippen molar-refractivity contribution in [1.82, 2.24) is 24.8 Å². The van der Waals surface area contributed by atoms with E-state index in [1.54, 1.807) is 6.20 Å². The van der Waals surface area contributed by atoms with Crippen LogP contribution in [0.25, 0.3) is 5.82 Å². The van der Waals surface area contributed by atoms with Crippen LogP contribution >= 0.6 is 0 Å². The van der Waals surface area contributed by atoms with Gasteiger partial charge in [-0.25, -0.2) is 19.7 Å². The highest BCUT2D eigenvalue weighted by Gasteiger charge is 2.04. The predicted molar refractivity (Wildman–Crippen MR) is 101 cm³/mol. The van der Waals surface area contributed by atoms with Gasteiger partial charge >= 0.3 is 6.03 Å². The third kappa shape index (κ3) is 4.56. The van der Waals surface area contributed by atoms with E-state index in [0.29, 0.717) is 18.9 Å². The van der Waals surface area contributed by atoms with Crippen LogP contribution in [0.4, 0.5) is 16.3 Å². The number of aryl methyl sites for hydroxylation is 2. The Morgan fingerprint density at radius 1 is 1.12 bits per heavy atom. The molecular weight excluding hydrogens is 330 g/mol. The van der Waals surface area contributed by atoms with Crippen LogP contribution in [0.5, 0.6) is 0 Å². The number of imidazole rings is 1. The average Bonchev–Trinajstić information content (AvgIpc) is 3.05. The van der Waals surface area contributed by atoms with Crippen molar-refractivity contribution in [3.05, 3.63) is 60.4 Å². The summed E-state index contributed by atoms with van der Waals surface area (Å²) in [6, 6.07) is 9.25. The Morgan fingerprint density at radius 2 is 2.00 bits per heavy atom. The summed E-state index contributed by atoms with van der Waals surface area (Å²) in [5, 5.41) is 8.77. The van der Waals surface area contributed by atoms with Gasteiger partial charge in [0.1, 0.15) is 23.8 Å². The molecule has 0 spiro atoms. The van der Waals surface area contributed by atoms with Crippen molar-refractivity contribution in [2.24, 2.45) is 0 Å². The number of hydrogen-bond acceptors (Lipinski definition) is 5. The molecule has 26 heavy (non-hydrogen) atoms. The van der Waals surface area contributed by atoms with Crippen LogP contribution in [-0.2, 0) is 0 Å². The highest BCUT2D eigenvalue weighted by atomic mass is 16.2. The van der Waals surface area contributed by atoms with Gasteiger partial charge in [0.25, 0.3) is 0 Å². The summed E-state index contributed by atoms with van der Waals surface area (Å²) < 4.78 is 1.88. The van der Waals surface area contributed by atoms with Crippen molar-refractivity contribution in [2.75, 3.05) is 23.7 Å². The molecule has 2 amide bonds. The van der Waals surface area contributed by atoms with E-state index in [4.69, 9.17) is 0 Å². The first kappa shape index (κ1) is 17.4. The van der Waals surface area contributed by atoms with Gasteiger partial charge in [-0.15, -0.1) is 0 Å². The molecule has 0 atom stereocenters. The second kappa shape index (κ2) is 8.11. The summed E-state index contributed by atoms with van der Waals surface area (Å²) in [7, 11) is 0. The number of carbonyl (C=O) groups excluding carboxylic acids is 1. The Balaban J connectivity index is 1.46. The maximum absolute atomic E-state index is 11.9. The summed E-state index contributed by atoms with van der Waals surface area (Å²) in [4.78, 5) is 24.5. The topological polar surface area (TPSA) is 96.8 Å². The number of amides is 2. The van der Waals surface area contributed by atoms with Gasteiger partial charge in [-0.3, -0.25) is 4.57 Å². The molecule has 0 radical (unpaired) electrons. The highest BCUT2D eigenvalue weighted by molar-refractivity contribution is 5.89. The van der Waals surface area contributed by atoms with Crippen molar-refractivity contribution >= 4 is 17.5 Å². The number of nitrogens with zero attached hydrogens (tertiary/aromatic N) is 4. The minimum absolute atomic E-state index is 0.241. The number of benzene rings is 1. The molecule has 8 nitrogen and oxygen atoms in total. The van der Waals surface area contributed by atoms with E-state index in [1.807, 2.05) is 54.9 Å². The molecule has 0 unspecified atom stereocenters. The van der Waals surface area contributed by atoms with Crippen molar-refractivity contribution in [2.45, 2.75) is 13.8 Å². The molecule has 0 aliphatic carbocycles. The molecule has 0 aliphatic heterocycles. The minimum Gasteiger partial charge on any atom is -0.368 e. The molecule has 0 saturated carbocycles. The quantitative estimate of drug-likeness (QED) is 0.593. The van der Waals surface area contributed by atoms with Crippen LogP contribution in [-0.4, -0.2) is 38.6 Å². The molecule has 3 N–H and O–H groups in total. The molecule has 0 aliphatic rings. The van der Waals surface area contributed by atoms with Gasteiger partial charge in [0.05, 0.1) is 0 Å². The number of rotatable bonds is 6. The van der Waals surface area contributed by atoms with E-state index in [2.05, 4.69) is 30.9 Å². The number of anilines is 2. The fraction of sp³-hybridized carbons (Fsp3) is 0.222. The Morgan fingerprint density at radius 3 is 2.77 bits per heavy atom. The summed E-state index contributed by atoms with van der Waals surface area (Å²) in [5.41, 5.74) is 1.86. The molecule has 134 valence electrons. The maximum Gasteiger partial charge on any atom is 0.319 e.